The highest BCUT2D eigenvalue weighted by Gasteiger charge is 2.33. The number of hydrogen-bond acceptors (Lipinski definition) is 3. The van der Waals surface area contributed by atoms with Crippen LogP contribution in [0.15, 0.2) is 41.8 Å². The molecule has 1 aromatic heterocycles. The Morgan fingerprint density at radius 1 is 1.23 bits per heavy atom. The molecule has 1 heterocycles. The SMILES string of the molecule is CC(=O)N[C@@H](CC(=O)N[C@@H]1CCC(C)(C)c2ccccc21)c1cccs1. The Hall–Kier alpha value is -2.14. The van der Waals surface area contributed by atoms with Crippen molar-refractivity contribution in [2.75, 3.05) is 0 Å². The summed E-state index contributed by atoms with van der Waals surface area (Å²) in [5.41, 5.74) is 2.66. The van der Waals surface area contributed by atoms with Gasteiger partial charge in [0.2, 0.25) is 11.8 Å². The highest BCUT2D eigenvalue weighted by molar-refractivity contribution is 7.10. The lowest BCUT2D eigenvalue weighted by Gasteiger charge is -2.37. The highest BCUT2D eigenvalue weighted by Crippen LogP contribution is 2.41. The van der Waals surface area contributed by atoms with Crippen LogP contribution in [0.1, 0.15) is 68.1 Å². The molecule has 2 N–H and O–H groups in total. The van der Waals surface area contributed by atoms with Crippen molar-refractivity contribution in [2.24, 2.45) is 0 Å². The van der Waals surface area contributed by atoms with Crippen LogP contribution >= 0.6 is 11.3 Å². The summed E-state index contributed by atoms with van der Waals surface area (Å²) in [5, 5.41) is 8.05. The second kappa shape index (κ2) is 7.62. The van der Waals surface area contributed by atoms with Gasteiger partial charge in [-0.05, 0) is 40.8 Å². The van der Waals surface area contributed by atoms with Gasteiger partial charge in [-0.2, -0.15) is 0 Å². The number of carbonyl (C=O) groups excluding carboxylic acids is 2. The van der Waals surface area contributed by atoms with Gasteiger partial charge in [-0.15, -0.1) is 11.3 Å². The molecule has 2 amide bonds. The Morgan fingerprint density at radius 2 is 2.00 bits per heavy atom. The third-order valence-corrected chi connectivity index (χ3v) is 6.10. The van der Waals surface area contributed by atoms with E-state index in [1.807, 2.05) is 23.6 Å². The third-order valence-electron chi connectivity index (χ3n) is 5.11. The fourth-order valence-electron chi connectivity index (χ4n) is 3.76. The maximum atomic E-state index is 12.7. The van der Waals surface area contributed by atoms with Crippen molar-refractivity contribution in [3.05, 3.63) is 57.8 Å². The fraction of sp³-hybridized carbons (Fsp3) is 0.429. The van der Waals surface area contributed by atoms with Gasteiger partial charge in [0.1, 0.15) is 0 Å². The summed E-state index contributed by atoms with van der Waals surface area (Å²) in [5.74, 6) is -0.155. The molecular formula is C21H26N2O2S. The van der Waals surface area contributed by atoms with E-state index < -0.39 is 0 Å². The van der Waals surface area contributed by atoms with Gasteiger partial charge in [0.05, 0.1) is 18.5 Å². The molecular weight excluding hydrogens is 344 g/mol. The molecule has 4 nitrogen and oxygen atoms in total. The number of thiophene rings is 1. The predicted octanol–water partition coefficient (Wildman–Crippen LogP) is 4.24. The standard InChI is InChI=1S/C21H26N2O2S/c1-14(24)22-18(19-9-6-12-26-19)13-20(25)23-17-10-11-21(2,3)16-8-5-4-7-15(16)17/h4-9,12,17-18H,10-11,13H2,1-3H3,(H,22,24)(H,23,25)/t17-,18+/m1/s1. The Kier molecular flexibility index (Phi) is 5.47. The van der Waals surface area contributed by atoms with Crippen molar-refractivity contribution in [2.45, 2.75) is 57.5 Å². The predicted molar refractivity (Wildman–Crippen MR) is 105 cm³/mol. The molecule has 0 spiro atoms. The fourth-order valence-corrected chi connectivity index (χ4v) is 4.54. The quantitative estimate of drug-likeness (QED) is 0.827. The number of hydrogen-bond donors (Lipinski definition) is 2. The van der Waals surface area contributed by atoms with Crippen LogP contribution < -0.4 is 10.6 Å². The summed E-state index contributed by atoms with van der Waals surface area (Å²) in [6.45, 7) is 6.00. The lowest BCUT2D eigenvalue weighted by molar-refractivity contribution is -0.123. The number of rotatable bonds is 5. The van der Waals surface area contributed by atoms with E-state index in [1.54, 1.807) is 11.3 Å². The number of amides is 2. The third kappa shape index (κ3) is 4.15. The molecule has 0 bridgehead atoms. The summed E-state index contributed by atoms with van der Waals surface area (Å²) < 4.78 is 0. The molecule has 2 aromatic rings. The van der Waals surface area contributed by atoms with Gasteiger partial charge < -0.3 is 10.6 Å². The van der Waals surface area contributed by atoms with E-state index in [0.717, 1.165) is 17.7 Å². The van der Waals surface area contributed by atoms with Gasteiger partial charge in [-0.3, -0.25) is 9.59 Å². The summed E-state index contributed by atoms with van der Waals surface area (Å²) >= 11 is 1.55. The molecule has 0 radical (unpaired) electrons. The molecule has 0 saturated carbocycles. The first-order valence-electron chi connectivity index (χ1n) is 9.06. The number of fused-ring (bicyclic) bond motifs is 1. The topological polar surface area (TPSA) is 58.2 Å². The molecule has 2 atom stereocenters. The molecule has 0 unspecified atom stereocenters. The molecule has 3 rings (SSSR count). The molecule has 0 fully saturated rings. The van der Waals surface area contributed by atoms with Crippen LogP contribution in [-0.2, 0) is 15.0 Å². The Bertz CT molecular complexity index is 783. The molecule has 1 aliphatic carbocycles. The van der Waals surface area contributed by atoms with E-state index in [0.29, 0.717) is 0 Å². The minimum atomic E-state index is -0.275. The molecule has 1 aromatic carbocycles. The molecule has 5 heteroatoms. The summed E-state index contributed by atoms with van der Waals surface area (Å²) in [7, 11) is 0. The second-order valence-electron chi connectivity index (χ2n) is 7.60. The summed E-state index contributed by atoms with van der Waals surface area (Å²) in [6.07, 6.45) is 2.22. The van der Waals surface area contributed by atoms with Crippen LogP contribution in [0.4, 0.5) is 0 Å². The van der Waals surface area contributed by atoms with E-state index in [9.17, 15) is 9.59 Å². The number of carbonyl (C=O) groups is 2. The van der Waals surface area contributed by atoms with Crippen LogP contribution in [-0.4, -0.2) is 11.8 Å². The minimum absolute atomic E-state index is 0.0309. The van der Waals surface area contributed by atoms with Crippen molar-refractivity contribution < 1.29 is 9.59 Å². The average molecular weight is 371 g/mol. The maximum Gasteiger partial charge on any atom is 0.222 e. The van der Waals surface area contributed by atoms with Gasteiger partial charge in [0.25, 0.3) is 0 Å². The number of nitrogens with one attached hydrogen (secondary N) is 2. The van der Waals surface area contributed by atoms with Crippen LogP contribution in [0.25, 0.3) is 0 Å². The molecule has 26 heavy (non-hydrogen) atoms. The summed E-state index contributed by atoms with van der Waals surface area (Å²) in [4.78, 5) is 25.2. The van der Waals surface area contributed by atoms with E-state index in [2.05, 4.69) is 42.7 Å². The zero-order valence-corrected chi connectivity index (χ0v) is 16.4. The molecule has 138 valence electrons. The zero-order chi connectivity index (χ0) is 18.7. The van der Waals surface area contributed by atoms with E-state index in [-0.39, 0.29) is 35.7 Å². The van der Waals surface area contributed by atoms with Crippen molar-refractivity contribution >= 4 is 23.2 Å². The van der Waals surface area contributed by atoms with Gasteiger partial charge in [-0.25, -0.2) is 0 Å². The first kappa shape index (κ1) is 18.6. The second-order valence-corrected chi connectivity index (χ2v) is 8.58. The van der Waals surface area contributed by atoms with Crippen LogP contribution in [0.5, 0.6) is 0 Å². The highest BCUT2D eigenvalue weighted by atomic mass is 32.1. The van der Waals surface area contributed by atoms with Crippen LogP contribution in [0, 0.1) is 0 Å². The molecule has 1 aliphatic rings. The van der Waals surface area contributed by atoms with Crippen molar-refractivity contribution in [3.63, 3.8) is 0 Å². The average Bonchev–Trinajstić information content (AvgIpc) is 3.11. The van der Waals surface area contributed by atoms with Gasteiger partial charge in [0.15, 0.2) is 0 Å². The van der Waals surface area contributed by atoms with Crippen molar-refractivity contribution in [1.82, 2.24) is 10.6 Å². The monoisotopic (exact) mass is 370 g/mol. The lowest BCUT2D eigenvalue weighted by atomic mass is 9.71. The molecule has 0 saturated heterocycles. The van der Waals surface area contributed by atoms with E-state index >= 15 is 0 Å². The maximum absolute atomic E-state index is 12.7. The van der Waals surface area contributed by atoms with Crippen LogP contribution in [0.2, 0.25) is 0 Å². The first-order valence-corrected chi connectivity index (χ1v) is 9.94. The Balaban J connectivity index is 1.72. The van der Waals surface area contributed by atoms with Crippen molar-refractivity contribution in [1.29, 1.82) is 0 Å². The largest absolute Gasteiger partial charge is 0.349 e. The zero-order valence-electron chi connectivity index (χ0n) is 15.5. The molecule has 0 aliphatic heterocycles. The van der Waals surface area contributed by atoms with Crippen LogP contribution in [0.3, 0.4) is 0 Å². The Morgan fingerprint density at radius 3 is 2.69 bits per heavy atom. The van der Waals surface area contributed by atoms with Gasteiger partial charge in [0, 0.05) is 11.8 Å². The van der Waals surface area contributed by atoms with Gasteiger partial charge in [-0.1, -0.05) is 44.2 Å². The first-order chi connectivity index (χ1) is 12.4. The van der Waals surface area contributed by atoms with E-state index in [4.69, 9.17) is 0 Å². The summed E-state index contributed by atoms with van der Waals surface area (Å²) in [6, 6.07) is 12.0. The van der Waals surface area contributed by atoms with E-state index in [1.165, 1.54) is 18.1 Å². The Labute approximate surface area is 159 Å². The normalized spacial score (nSPS) is 19.3. The van der Waals surface area contributed by atoms with Gasteiger partial charge >= 0.3 is 0 Å². The number of benzene rings is 1. The smallest absolute Gasteiger partial charge is 0.222 e. The minimum Gasteiger partial charge on any atom is -0.349 e. The lowest BCUT2D eigenvalue weighted by Crippen LogP contribution is -2.37. The van der Waals surface area contributed by atoms with Crippen molar-refractivity contribution in [3.8, 4) is 0 Å².